The molecule has 3 heterocycles. The molecular formula is C19H25N5O3. The number of hydrogen-bond donors (Lipinski definition) is 3. The van der Waals surface area contributed by atoms with Gasteiger partial charge in [-0.3, -0.25) is 24.0 Å². The molecule has 0 radical (unpaired) electrons. The van der Waals surface area contributed by atoms with Crippen molar-refractivity contribution in [3.05, 3.63) is 28.7 Å². The zero-order valence-electron chi connectivity index (χ0n) is 15.5. The Morgan fingerprint density at radius 1 is 1.15 bits per heavy atom. The number of carbonyl (C=O) groups is 2. The van der Waals surface area contributed by atoms with Crippen molar-refractivity contribution >= 4 is 28.5 Å². The van der Waals surface area contributed by atoms with Gasteiger partial charge in [-0.25, -0.2) is 4.79 Å². The first-order chi connectivity index (χ1) is 13.1. The predicted molar refractivity (Wildman–Crippen MR) is 103 cm³/mol. The molecule has 2 aliphatic heterocycles. The first kappa shape index (κ1) is 17.8. The van der Waals surface area contributed by atoms with Crippen LogP contribution >= 0.6 is 0 Å². The number of aromatic nitrogens is 2. The van der Waals surface area contributed by atoms with Crippen LogP contribution < -0.4 is 21.6 Å². The van der Waals surface area contributed by atoms with E-state index in [1.165, 1.54) is 4.57 Å². The van der Waals surface area contributed by atoms with Crippen LogP contribution in [0.5, 0.6) is 0 Å². The molecule has 2 aromatic rings. The zero-order chi connectivity index (χ0) is 19.0. The molecular weight excluding hydrogens is 346 g/mol. The Morgan fingerprint density at radius 2 is 1.93 bits per heavy atom. The first-order valence-electron chi connectivity index (χ1n) is 9.54. The number of amides is 2. The van der Waals surface area contributed by atoms with Crippen LogP contribution in [-0.2, 0) is 16.6 Å². The van der Waals surface area contributed by atoms with Crippen LogP contribution in [0.3, 0.4) is 0 Å². The SMILES string of the molecule is Cn1c(=O)n(C2CCC(=O)NC2=O)c2cccc(NCC3CCNCC3)c21. The van der Waals surface area contributed by atoms with Crippen LogP contribution in [0.15, 0.2) is 23.0 Å². The first-order valence-corrected chi connectivity index (χ1v) is 9.54. The fourth-order valence-corrected chi connectivity index (χ4v) is 4.15. The molecule has 8 nitrogen and oxygen atoms in total. The van der Waals surface area contributed by atoms with E-state index >= 15 is 0 Å². The van der Waals surface area contributed by atoms with Gasteiger partial charge in [0.05, 0.1) is 16.7 Å². The molecule has 2 fully saturated rings. The van der Waals surface area contributed by atoms with Crippen molar-refractivity contribution in [3.8, 4) is 0 Å². The summed E-state index contributed by atoms with van der Waals surface area (Å²) in [6, 6.07) is 5.07. The number of nitrogens with zero attached hydrogens (tertiary/aromatic N) is 2. The summed E-state index contributed by atoms with van der Waals surface area (Å²) in [7, 11) is 1.72. The van der Waals surface area contributed by atoms with E-state index < -0.39 is 11.9 Å². The average molecular weight is 371 g/mol. The fourth-order valence-electron chi connectivity index (χ4n) is 4.15. The summed E-state index contributed by atoms with van der Waals surface area (Å²) in [6.45, 7) is 2.94. The molecule has 1 aromatic carbocycles. The van der Waals surface area contributed by atoms with Gasteiger partial charge >= 0.3 is 5.69 Å². The second-order valence-electron chi connectivity index (χ2n) is 7.43. The van der Waals surface area contributed by atoms with Gasteiger partial charge in [0.2, 0.25) is 11.8 Å². The Kier molecular flexibility index (Phi) is 4.73. The molecule has 4 rings (SSSR count). The van der Waals surface area contributed by atoms with Crippen molar-refractivity contribution < 1.29 is 9.59 Å². The van der Waals surface area contributed by atoms with Crippen molar-refractivity contribution in [3.63, 3.8) is 0 Å². The van der Waals surface area contributed by atoms with Crippen LogP contribution in [-0.4, -0.2) is 40.6 Å². The third-order valence-electron chi connectivity index (χ3n) is 5.66. The molecule has 0 spiro atoms. The van der Waals surface area contributed by atoms with Crippen LogP contribution in [0.1, 0.15) is 31.7 Å². The summed E-state index contributed by atoms with van der Waals surface area (Å²) in [4.78, 5) is 36.7. The number of nitrogens with one attached hydrogen (secondary N) is 3. The maximum Gasteiger partial charge on any atom is 0.329 e. The smallest absolute Gasteiger partial charge is 0.329 e. The Morgan fingerprint density at radius 3 is 2.67 bits per heavy atom. The lowest BCUT2D eigenvalue weighted by Crippen LogP contribution is -2.44. The lowest BCUT2D eigenvalue weighted by molar-refractivity contribution is -0.135. The summed E-state index contributed by atoms with van der Waals surface area (Å²) in [5, 5.41) is 9.22. The molecule has 3 N–H and O–H groups in total. The number of carbonyl (C=O) groups excluding carboxylic acids is 2. The molecule has 2 saturated heterocycles. The Balaban J connectivity index is 1.68. The highest BCUT2D eigenvalue weighted by Crippen LogP contribution is 2.27. The van der Waals surface area contributed by atoms with E-state index in [-0.39, 0.29) is 18.0 Å². The molecule has 0 saturated carbocycles. The summed E-state index contributed by atoms with van der Waals surface area (Å²) in [5.74, 6) is -0.0847. The number of imidazole rings is 1. The highest BCUT2D eigenvalue weighted by molar-refractivity contribution is 6.00. The minimum absolute atomic E-state index is 0.240. The summed E-state index contributed by atoms with van der Waals surface area (Å²) in [5.41, 5.74) is 2.17. The summed E-state index contributed by atoms with van der Waals surface area (Å²) >= 11 is 0. The monoisotopic (exact) mass is 371 g/mol. The van der Waals surface area contributed by atoms with Crippen LogP contribution in [0, 0.1) is 5.92 Å². The molecule has 0 aliphatic carbocycles. The number of aryl methyl sites for hydroxylation is 1. The maximum atomic E-state index is 12.9. The van der Waals surface area contributed by atoms with E-state index in [9.17, 15) is 14.4 Å². The number of piperidine rings is 2. The Bertz CT molecular complexity index is 939. The van der Waals surface area contributed by atoms with Crippen molar-refractivity contribution in [2.24, 2.45) is 13.0 Å². The second kappa shape index (κ2) is 7.19. The van der Waals surface area contributed by atoms with E-state index in [0.29, 0.717) is 17.9 Å². The average Bonchev–Trinajstić information content (AvgIpc) is 2.93. The quantitative estimate of drug-likeness (QED) is 0.689. The predicted octanol–water partition coefficient (Wildman–Crippen LogP) is 0.729. The second-order valence-corrected chi connectivity index (χ2v) is 7.43. The van der Waals surface area contributed by atoms with Gasteiger partial charge in [-0.2, -0.15) is 0 Å². The Hall–Kier alpha value is -2.61. The van der Waals surface area contributed by atoms with Crippen molar-refractivity contribution in [2.75, 3.05) is 25.0 Å². The van der Waals surface area contributed by atoms with Crippen LogP contribution in [0.4, 0.5) is 5.69 Å². The largest absolute Gasteiger partial charge is 0.383 e. The van der Waals surface area contributed by atoms with Crippen LogP contribution in [0.25, 0.3) is 11.0 Å². The van der Waals surface area contributed by atoms with Gasteiger partial charge in [0.15, 0.2) is 0 Å². The molecule has 144 valence electrons. The molecule has 1 atom stereocenters. The number of anilines is 1. The third kappa shape index (κ3) is 3.25. The number of imide groups is 1. The molecule has 2 amide bonds. The molecule has 8 heteroatoms. The zero-order valence-corrected chi connectivity index (χ0v) is 15.5. The van der Waals surface area contributed by atoms with Crippen molar-refractivity contribution in [1.29, 1.82) is 0 Å². The van der Waals surface area contributed by atoms with Crippen LogP contribution in [0.2, 0.25) is 0 Å². The van der Waals surface area contributed by atoms with Gasteiger partial charge in [0.25, 0.3) is 0 Å². The number of benzene rings is 1. The van der Waals surface area contributed by atoms with Gasteiger partial charge in [0.1, 0.15) is 6.04 Å². The van der Waals surface area contributed by atoms with E-state index in [1.807, 2.05) is 18.2 Å². The van der Waals surface area contributed by atoms with E-state index in [2.05, 4.69) is 16.0 Å². The van der Waals surface area contributed by atoms with E-state index in [1.54, 1.807) is 11.6 Å². The van der Waals surface area contributed by atoms with Gasteiger partial charge < -0.3 is 10.6 Å². The standard InChI is InChI=1S/C19H25N5O3/c1-23-17-13(21-11-12-7-9-20-10-8-12)3-2-4-14(17)24(19(23)27)15-5-6-16(25)22-18(15)26/h2-4,12,15,20-21H,5-11H2,1H3,(H,22,25,26). The highest BCUT2D eigenvalue weighted by atomic mass is 16.2. The third-order valence-corrected chi connectivity index (χ3v) is 5.66. The number of rotatable bonds is 4. The lowest BCUT2D eigenvalue weighted by Gasteiger charge is -2.23. The summed E-state index contributed by atoms with van der Waals surface area (Å²) < 4.78 is 3.11. The van der Waals surface area contributed by atoms with Gasteiger partial charge in [-0.15, -0.1) is 0 Å². The van der Waals surface area contributed by atoms with Gasteiger partial charge in [0, 0.05) is 20.0 Å². The van der Waals surface area contributed by atoms with Gasteiger partial charge in [-0.1, -0.05) is 6.07 Å². The molecule has 1 aromatic heterocycles. The number of para-hydroxylation sites is 1. The molecule has 27 heavy (non-hydrogen) atoms. The molecule has 1 unspecified atom stereocenters. The highest BCUT2D eigenvalue weighted by Gasteiger charge is 2.31. The maximum absolute atomic E-state index is 12.9. The van der Waals surface area contributed by atoms with Crippen molar-refractivity contribution in [1.82, 2.24) is 19.8 Å². The molecule has 2 aliphatic rings. The summed E-state index contributed by atoms with van der Waals surface area (Å²) in [6.07, 6.45) is 2.86. The Labute approximate surface area is 156 Å². The number of fused-ring (bicyclic) bond motifs is 1. The van der Waals surface area contributed by atoms with Crippen molar-refractivity contribution in [2.45, 2.75) is 31.7 Å². The fraction of sp³-hybridized carbons (Fsp3) is 0.526. The van der Waals surface area contributed by atoms with E-state index in [4.69, 9.17) is 0 Å². The topological polar surface area (TPSA) is 97.2 Å². The minimum Gasteiger partial charge on any atom is -0.383 e. The normalized spacial score (nSPS) is 21.4. The molecule has 0 bridgehead atoms. The van der Waals surface area contributed by atoms with Gasteiger partial charge in [-0.05, 0) is 50.4 Å². The number of hydrogen-bond acceptors (Lipinski definition) is 5. The van der Waals surface area contributed by atoms with E-state index in [0.717, 1.165) is 43.7 Å². The lowest BCUT2D eigenvalue weighted by atomic mass is 9.98. The minimum atomic E-state index is -0.654.